The van der Waals surface area contributed by atoms with Gasteiger partial charge in [0, 0.05) is 24.4 Å². The first kappa shape index (κ1) is 11.4. The van der Waals surface area contributed by atoms with Gasteiger partial charge in [0.15, 0.2) is 17.5 Å². The molecule has 0 aliphatic carbocycles. The van der Waals surface area contributed by atoms with E-state index < -0.39 is 23.4 Å². The second-order valence-corrected chi connectivity index (χ2v) is 2.82. The highest BCUT2D eigenvalue weighted by atomic mass is 19.2. The minimum absolute atomic E-state index is 0.00708. The molecule has 0 unspecified atom stereocenters. The quantitative estimate of drug-likeness (QED) is 0.761. The number of benzene rings is 1. The van der Waals surface area contributed by atoms with Gasteiger partial charge in [-0.15, -0.1) is 0 Å². The largest absolute Gasteiger partial charge is 0.481 e. The van der Waals surface area contributed by atoms with Crippen LogP contribution in [0.3, 0.4) is 0 Å². The Balaban J connectivity index is 2.66. The Morgan fingerprint density at radius 2 is 1.80 bits per heavy atom. The van der Waals surface area contributed by atoms with E-state index in [9.17, 15) is 18.0 Å². The molecule has 2 N–H and O–H groups in total. The fraction of sp³-hybridized carbons (Fsp3) is 0.222. The maximum absolute atomic E-state index is 12.7. The molecule has 1 aromatic rings. The fourth-order valence-corrected chi connectivity index (χ4v) is 0.971. The molecule has 0 heterocycles. The Labute approximate surface area is 83.5 Å². The van der Waals surface area contributed by atoms with Crippen LogP contribution in [0, 0.1) is 17.5 Å². The number of hydrogen-bond donors (Lipinski definition) is 2. The average Bonchev–Trinajstić information content (AvgIpc) is 2.13. The van der Waals surface area contributed by atoms with Crippen LogP contribution in [0.25, 0.3) is 0 Å². The molecule has 0 radical (unpaired) electrons. The van der Waals surface area contributed by atoms with Crippen LogP contribution in [0.1, 0.15) is 6.42 Å². The number of rotatable bonds is 4. The first-order valence-corrected chi connectivity index (χ1v) is 4.11. The van der Waals surface area contributed by atoms with Gasteiger partial charge >= 0.3 is 5.97 Å². The Kier molecular flexibility index (Phi) is 3.54. The van der Waals surface area contributed by atoms with Crippen LogP contribution < -0.4 is 5.32 Å². The summed E-state index contributed by atoms with van der Waals surface area (Å²) in [5.41, 5.74) is 0.00708. The van der Waals surface area contributed by atoms with E-state index in [0.29, 0.717) is 0 Å². The zero-order valence-electron chi connectivity index (χ0n) is 7.56. The number of carboxylic acid groups (broad SMARTS) is 1. The summed E-state index contributed by atoms with van der Waals surface area (Å²) in [6, 6.07) is 1.53. The molecule has 82 valence electrons. The van der Waals surface area contributed by atoms with Crippen molar-refractivity contribution < 1.29 is 23.1 Å². The maximum Gasteiger partial charge on any atom is 0.305 e. The molecule has 3 nitrogen and oxygen atoms in total. The summed E-state index contributed by atoms with van der Waals surface area (Å²) in [4.78, 5) is 10.1. The van der Waals surface area contributed by atoms with Gasteiger partial charge in [0.2, 0.25) is 0 Å². The van der Waals surface area contributed by atoms with Crippen molar-refractivity contribution >= 4 is 11.7 Å². The molecule has 0 spiro atoms. The van der Waals surface area contributed by atoms with Crippen molar-refractivity contribution in [1.29, 1.82) is 0 Å². The van der Waals surface area contributed by atoms with E-state index in [1.807, 2.05) is 0 Å². The number of carbonyl (C=O) groups is 1. The Morgan fingerprint density at radius 1 is 1.27 bits per heavy atom. The molecule has 0 bridgehead atoms. The number of hydrogen-bond acceptors (Lipinski definition) is 2. The Morgan fingerprint density at radius 3 is 2.27 bits per heavy atom. The van der Waals surface area contributed by atoms with E-state index in [1.54, 1.807) is 0 Å². The number of carboxylic acids is 1. The highest BCUT2D eigenvalue weighted by Crippen LogP contribution is 2.17. The van der Waals surface area contributed by atoms with E-state index in [4.69, 9.17) is 5.11 Å². The van der Waals surface area contributed by atoms with Crippen LogP contribution in [0.2, 0.25) is 0 Å². The van der Waals surface area contributed by atoms with Crippen LogP contribution in [0.5, 0.6) is 0 Å². The molecule has 1 rings (SSSR count). The van der Waals surface area contributed by atoms with E-state index in [2.05, 4.69) is 5.32 Å². The van der Waals surface area contributed by atoms with Gasteiger partial charge in [0.05, 0.1) is 6.42 Å². The fourth-order valence-electron chi connectivity index (χ4n) is 0.971. The molecular formula is C9H8F3NO2. The third-order valence-corrected chi connectivity index (χ3v) is 1.65. The second-order valence-electron chi connectivity index (χ2n) is 2.82. The second kappa shape index (κ2) is 4.68. The zero-order chi connectivity index (χ0) is 11.4. The van der Waals surface area contributed by atoms with Gasteiger partial charge in [-0.3, -0.25) is 4.79 Å². The molecule has 1 aromatic carbocycles. The molecule has 15 heavy (non-hydrogen) atoms. The molecule has 0 atom stereocenters. The third kappa shape index (κ3) is 3.16. The molecule has 0 fully saturated rings. The van der Waals surface area contributed by atoms with Gasteiger partial charge in [0.1, 0.15) is 0 Å². The van der Waals surface area contributed by atoms with Crippen molar-refractivity contribution in [1.82, 2.24) is 0 Å². The van der Waals surface area contributed by atoms with E-state index in [1.165, 1.54) is 0 Å². The minimum Gasteiger partial charge on any atom is -0.481 e. The highest BCUT2D eigenvalue weighted by Gasteiger charge is 2.10. The molecule has 0 aliphatic rings. The molecule has 0 amide bonds. The first-order valence-electron chi connectivity index (χ1n) is 4.11. The summed E-state index contributed by atoms with van der Waals surface area (Å²) in [6.07, 6.45) is -0.194. The van der Waals surface area contributed by atoms with Gasteiger partial charge in [-0.1, -0.05) is 0 Å². The van der Waals surface area contributed by atoms with Crippen LogP contribution in [-0.4, -0.2) is 17.6 Å². The van der Waals surface area contributed by atoms with Crippen LogP contribution >= 0.6 is 0 Å². The maximum atomic E-state index is 12.7. The summed E-state index contributed by atoms with van der Waals surface area (Å²) < 4.78 is 37.8. The smallest absolute Gasteiger partial charge is 0.305 e. The van der Waals surface area contributed by atoms with Crippen molar-refractivity contribution in [2.24, 2.45) is 0 Å². The van der Waals surface area contributed by atoms with Crippen molar-refractivity contribution in [3.63, 3.8) is 0 Å². The summed E-state index contributed by atoms with van der Waals surface area (Å²) in [6.45, 7) is 0.0137. The van der Waals surface area contributed by atoms with Gasteiger partial charge in [-0.05, 0) is 0 Å². The number of anilines is 1. The normalized spacial score (nSPS) is 10.1. The predicted octanol–water partition coefficient (Wildman–Crippen LogP) is 1.99. The standard InChI is InChI=1S/C9H8F3NO2/c10-6-3-5(4-7(11)9(6)12)13-2-1-8(14)15/h3-4,13H,1-2H2,(H,14,15). The summed E-state index contributed by atoms with van der Waals surface area (Å²) in [5.74, 6) is -5.20. The van der Waals surface area contributed by atoms with E-state index >= 15 is 0 Å². The Hall–Kier alpha value is -1.72. The monoisotopic (exact) mass is 219 g/mol. The SMILES string of the molecule is O=C(O)CCNc1cc(F)c(F)c(F)c1. The minimum atomic E-state index is -1.54. The lowest BCUT2D eigenvalue weighted by molar-refractivity contribution is -0.136. The lowest BCUT2D eigenvalue weighted by Crippen LogP contribution is -2.08. The van der Waals surface area contributed by atoms with Crippen molar-refractivity contribution in [3.8, 4) is 0 Å². The van der Waals surface area contributed by atoms with Crippen molar-refractivity contribution in [2.75, 3.05) is 11.9 Å². The van der Waals surface area contributed by atoms with Gasteiger partial charge in [-0.25, -0.2) is 13.2 Å². The van der Waals surface area contributed by atoms with E-state index in [0.717, 1.165) is 12.1 Å². The van der Waals surface area contributed by atoms with Crippen LogP contribution in [-0.2, 0) is 4.79 Å². The van der Waals surface area contributed by atoms with Gasteiger partial charge in [0.25, 0.3) is 0 Å². The van der Waals surface area contributed by atoms with Gasteiger partial charge < -0.3 is 10.4 Å². The summed E-state index contributed by atoms with van der Waals surface area (Å²) in [5, 5.41) is 10.8. The number of nitrogens with one attached hydrogen (secondary N) is 1. The molecule has 0 saturated heterocycles. The van der Waals surface area contributed by atoms with Crippen molar-refractivity contribution in [3.05, 3.63) is 29.6 Å². The summed E-state index contributed by atoms with van der Waals surface area (Å²) in [7, 11) is 0. The van der Waals surface area contributed by atoms with Gasteiger partial charge in [-0.2, -0.15) is 0 Å². The molecule has 0 saturated carbocycles. The van der Waals surface area contributed by atoms with E-state index in [-0.39, 0.29) is 18.7 Å². The molecule has 6 heteroatoms. The molecule has 0 aliphatic heterocycles. The third-order valence-electron chi connectivity index (χ3n) is 1.65. The van der Waals surface area contributed by atoms with Crippen LogP contribution in [0.15, 0.2) is 12.1 Å². The number of aliphatic carboxylic acids is 1. The zero-order valence-corrected chi connectivity index (χ0v) is 7.56. The average molecular weight is 219 g/mol. The number of halogens is 3. The van der Waals surface area contributed by atoms with Crippen LogP contribution in [0.4, 0.5) is 18.9 Å². The lowest BCUT2D eigenvalue weighted by Gasteiger charge is -2.05. The topological polar surface area (TPSA) is 49.3 Å². The molecular weight excluding hydrogens is 211 g/mol. The predicted molar refractivity (Wildman–Crippen MR) is 47.1 cm³/mol. The lowest BCUT2D eigenvalue weighted by atomic mass is 10.2. The van der Waals surface area contributed by atoms with Crippen molar-refractivity contribution in [2.45, 2.75) is 6.42 Å². The summed E-state index contributed by atoms with van der Waals surface area (Å²) >= 11 is 0. The Bertz CT molecular complexity index is 359. The first-order chi connectivity index (χ1) is 7.00. The molecule has 0 aromatic heterocycles. The highest BCUT2D eigenvalue weighted by molar-refractivity contribution is 5.67.